The van der Waals surface area contributed by atoms with E-state index in [1.54, 1.807) is 6.92 Å². The molecule has 2 N–H and O–H groups in total. The first-order valence-electron chi connectivity index (χ1n) is 11.5. The molecule has 0 spiro atoms. The van der Waals surface area contributed by atoms with Crippen LogP contribution in [0.25, 0.3) is 0 Å². The van der Waals surface area contributed by atoms with Gasteiger partial charge in [0.1, 0.15) is 22.9 Å². The van der Waals surface area contributed by atoms with Crippen molar-refractivity contribution in [3.8, 4) is 5.75 Å². The lowest BCUT2D eigenvalue weighted by Gasteiger charge is -2.35. The van der Waals surface area contributed by atoms with Gasteiger partial charge in [-0.25, -0.2) is 17.9 Å². The number of aryl methyl sites for hydroxylation is 1. The maximum atomic E-state index is 13.7. The van der Waals surface area contributed by atoms with E-state index in [1.807, 2.05) is 20.8 Å². The van der Waals surface area contributed by atoms with Crippen LogP contribution in [-0.4, -0.2) is 55.5 Å². The van der Waals surface area contributed by atoms with Gasteiger partial charge in [0.25, 0.3) is 10.0 Å². The Hall–Kier alpha value is -3.42. The normalized spacial score (nSPS) is 16.6. The smallest absolute Gasteiger partial charge is 0.411 e. The molecule has 1 aliphatic rings. The van der Waals surface area contributed by atoms with Crippen LogP contribution in [0.1, 0.15) is 46.9 Å². The van der Waals surface area contributed by atoms with E-state index < -0.39 is 39.8 Å². The van der Waals surface area contributed by atoms with Crippen LogP contribution in [0.2, 0.25) is 0 Å². The van der Waals surface area contributed by atoms with Gasteiger partial charge >= 0.3 is 12.6 Å². The summed E-state index contributed by atoms with van der Waals surface area (Å²) in [4.78, 5) is 23.4. The fourth-order valence-electron chi connectivity index (χ4n) is 3.40. The van der Waals surface area contributed by atoms with Crippen molar-refractivity contribution in [2.45, 2.75) is 65.2 Å². The molecule has 3 rings (SSSR count). The Labute approximate surface area is 214 Å². The Morgan fingerprint density at radius 1 is 1.30 bits per heavy atom. The van der Waals surface area contributed by atoms with Gasteiger partial charge in [-0.05, 0) is 37.5 Å². The molecule has 0 bridgehead atoms. The maximum absolute atomic E-state index is 13.7. The molecular weight excluding hydrogens is 512 g/mol. The van der Waals surface area contributed by atoms with Gasteiger partial charge in [-0.3, -0.25) is 14.4 Å². The van der Waals surface area contributed by atoms with Crippen molar-refractivity contribution < 1.29 is 36.3 Å². The zero-order valence-corrected chi connectivity index (χ0v) is 22.2. The summed E-state index contributed by atoms with van der Waals surface area (Å²) >= 11 is 0. The highest BCUT2D eigenvalue weighted by Crippen LogP contribution is 2.39. The first-order chi connectivity index (χ1) is 17.1. The highest BCUT2D eigenvalue weighted by Gasteiger charge is 2.37. The number of alkyl halides is 2. The lowest BCUT2D eigenvalue weighted by atomic mass is 9.90. The van der Waals surface area contributed by atoms with Crippen molar-refractivity contribution in [1.82, 2.24) is 15.1 Å². The first kappa shape index (κ1) is 28.2. The van der Waals surface area contributed by atoms with Crippen molar-refractivity contribution in [3.05, 3.63) is 30.1 Å². The number of anilines is 2. The average molecular weight is 544 g/mol. The van der Waals surface area contributed by atoms with Crippen molar-refractivity contribution in [2.24, 2.45) is 5.41 Å². The Balaban J connectivity index is 1.98. The summed E-state index contributed by atoms with van der Waals surface area (Å²) in [5.41, 5.74) is -0.102. The van der Waals surface area contributed by atoms with E-state index in [1.165, 1.54) is 32.0 Å². The summed E-state index contributed by atoms with van der Waals surface area (Å²) in [5.74, 6) is -0.175. The molecule has 204 valence electrons. The summed E-state index contributed by atoms with van der Waals surface area (Å²) < 4.78 is 66.2. The average Bonchev–Trinajstić information content (AvgIpc) is 3.19. The largest absolute Gasteiger partial charge is 0.484 e. The Bertz CT molecular complexity index is 1270. The van der Waals surface area contributed by atoms with Gasteiger partial charge in [0.05, 0.1) is 30.7 Å². The molecule has 11 nitrogen and oxygen atoms in total. The highest BCUT2D eigenvalue weighted by molar-refractivity contribution is 7.92. The number of fused-ring (bicyclic) bond motifs is 1. The third-order valence-corrected chi connectivity index (χ3v) is 7.74. The number of hydrogen-bond donors (Lipinski definition) is 2. The van der Waals surface area contributed by atoms with E-state index in [0.717, 1.165) is 10.5 Å². The van der Waals surface area contributed by atoms with Gasteiger partial charge in [0.2, 0.25) is 5.91 Å². The number of carbonyl (C=O) groups excluding carboxylic acids is 2. The Morgan fingerprint density at radius 2 is 1.97 bits per heavy atom. The van der Waals surface area contributed by atoms with E-state index >= 15 is 0 Å². The van der Waals surface area contributed by atoms with Gasteiger partial charge in [-0.2, -0.15) is 13.9 Å². The van der Waals surface area contributed by atoms with Gasteiger partial charge in [-0.1, -0.05) is 20.8 Å². The summed E-state index contributed by atoms with van der Waals surface area (Å²) in [6.45, 7) is 6.88. The Morgan fingerprint density at radius 3 is 2.54 bits per heavy atom. The minimum Gasteiger partial charge on any atom is -0.484 e. The number of rotatable bonds is 7. The topological polar surface area (TPSA) is 132 Å². The third kappa shape index (κ3) is 6.48. The summed E-state index contributed by atoms with van der Waals surface area (Å²) in [6, 6.07) is 4.36. The first-order valence-corrected chi connectivity index (χ1v) is 12.9. The molecule has 2 atom stereocenters. The van der Waals surface area contributed by atoms with E-state index in [0.29, 0.717) is 0 Å². The van der Waals surface area contributed by atoms with Crippen molar-refractivity contribution in [2.75, 3.05) is 22.7 Å². The predicted molar refractivity (Wildman–Crippen MR) is 131 cm³/mol. The lowest BCUT2D eigenvalue weighted by Crippen LogP contribution is -2.48. The zero-order chi connectivity index (χ0) is 27.7. The minimum atomic E-state index is -4.39. The molecule has 0 unspecified atom stereocenters. The van der Waals surface area contributed by atoms with E-state index in [2.05, 4.69) is 15.7 Å². The number of carbonyl (C=O) groups is 2. The van der Waals surface area contributed by atoms with Gasteiger partial charge in [0, 0.05) is 12.6 Å². The van der Waals surface area contributed by atoms with Crippen LogP contribution in [0.5, 0.6) is 5.75 Å². The number of nitrogens with zero attached hydrogens (tertiary/aromatic N) is 3. The summed E-state index contributed by atoms with van der Waals surface area (Å²) in [7, 11) is -4.39. The molecule has 2 aromatic rings. The van der Waals surface area contributed by atoms with E-state index in [-0.39, 0.29) is 51.9 Å². The fourth-order valence-corrected chi connectivity index (χ4v) is 5.06. The summed E-state index contributed by atoms with van der Waals surface area (Å²) in [6.07, 6.45) is -1.14. The molecule has 14 heteroatoms. The van der Waals surface area contributed by atoms with E-state index in [9.17, 15) is 26.8 Å². The number of aromatic nitrogens is 2. The van der Waals surface area contributed by atoms with Crippen LogP contribution in [0.15, 0.2) is 29.3 Å². The number of benzene rings is 1. The number of ether oxygens (including phenoxy) is 2. The number of hydrogen-bond acceptors (Lipinski definition) is 7. The number of nitrogens with one attached hydrogen (secondary N) is 2. The fraction of sp³-hybridized carbons (Fsp3) is 0.522. The van der Waals surface area contributed by atoms with Crippen LogP contribution >= 0.6 is 0 Å². The molecule has 1 aliphatic heterocycles. The third-order valence-electron chi connectivity index (χ3n) is 5.86. The molecular formula is C23H31F2N5O6S. The van der Waals surface area contributed by atoms with Crippen LogP contribution in [-0.2, 0) is 19.6 Å². The highest BCUT2D eigenvalue weighted by atomic mass is 32.2. The van der Waals surface area contributed by atoms with Crippen LogP contribution < -0.4 is 19.7 Å². The Kier molecular flexibility index (Phi) is 8.00. The molecule has 0 saturated carbocycles. The zero-order valence-electron chi connectivity index (χ0n) is 21.4. The van der Waals surface area contributed by atoms with Crippen LogP contribution in [0, 0.1) is 12.3 Å². The molecule has 1 aromatic heterocycles. The second-order valence-electron chi connectivity index (χ2n) is 9.77. The number of halogens is 2. The molecule has 2 amide bonds. The number of sulfonamides is 1. The van der Waals surface area contributed by atoms with Gasteiger partial charge < -0.3 is 14.8 Å². The molecule has 2 heterocycles. The molecule has 0 radical (unpaired) electrons. The van der Waals surface area contributed by atoms with Crippen molar-refractivity contribution in [3.63, 3.8) is 0 Å². The molecule has 1 aromatic carbocycles. The summed E-state index contributed by atoms with van der Waals surface area (Å²) in [5, 5.41) is 8.77. The van der Waals surface area contributed by atoms with Crippen molar-refractivity contribution in [1.29, 1.82) is 0 Å². The predicted octanol–water partition coefficient (Wildman–Crippen LogP) is 3.66. The van der Waals surface area contributed by atoms with Crippen LogP contribution in [0.4, 0.5) is 25.0 Å². The van der Waals surface area contributed by atoms with Gasteiger partial charge in [0.15, 0.2) is 0 Å². The molecule has 0 saturated heterocycles. The minimum absolute atomic E-state index is 0.00703. The molecule has 0 fully saturated rings. The van der Waals surface area contributed by atoms with E-state index in [4.69, 9.17) is 9.47 Å². The lowest BCUT2D eigenvalue weighted by molar-refractivity contribution is -0.119. The second-order valence-corrected chi connectivity index (χ2v) is 11.6. The SMILES string of the molecule is CC(=O)NC[C@H]1CN(S(=O)(=O)c2cn(C(F)F)nc2C)c2cc(NC(=O)O[C@H](C)C(C)(C)C)ccc2O1. The van der Waals surface area contributed by atoms with Crippen molar-refractivity contribution >= 4 is 33.4 Å². The number of amides is 2. The monoisotopic (exact) mass is 543 g/mol. The standard InChI is InChI=1S/C23H31F2N5O6S/c1-13-20(12-29(28-13)21(24)25)37(33,34)30-11-17(10-26-15(3)31)36-19-8-7-16(9-18(19)30)27-22(32)35-14(2)23(4,5)6/h7-9,12,14,17,21H,10-11H2,1-6H3,(H,26,31)(H,27,32)/t14-,17+/m1/s1. The van der Waals surface area contributed by atoms with Crippen LogP contribution in [0.3, 0.4) is 0 Å². The quantitative estimate of drug-likeness (QED) is 0.545. The molecule has 0 aliphatic carbocycles. The van der Waals surface area contributed by atoms with Gasteiger partial charge in [-0.15, -0.1) is 0 Å². The second kappa shape index (κ2) is 10.5. The maximum Gasteiger partial charge on any atom is 0.411 e. The molecule has 37 heavy (non-hydrogen) atoms.